The summed E-state index contributed by atoms with van der Waals surface area (Å²) in [5.74, 6) is 1.20. The van der Waals surface area contributed by atoms with Crippen molar-refractivity contribution in [1.82, 2.24) is 5.32 Å². The van der Waals surface area contributed by atoms with Gasteiger partial charge in [0.25, 0.3) is 0 Å². The molecule has 0 atom stereocenters. The van der Waals surface area contributed by atoms with Crippen LogP contribution in [0.15, 0.2) is 12.2 Å². The van der Waals surface area contributed by atoms with Crippen molar-refractivity contribution in [2.45, 2.75) is 13.3 Å². The summed E-state index contributed by atoms with van der Waals surface area (Å²) in [7, 11) is 0. The molecule has 0 aromatic carbocycles. The van der Waals surface area contributed by atoms with Gasteiger partial charge >= 0.3 is 0 Å². The summed E-state index contributed by atoms with van der Waals surface area (Å²) < 4.78 is 0. The molecule has 0 aromatic rings. The van der Waals surface area contributed by atoms with Crippen molar-refractivity contribution in [3.05, 3.63) is 12.2 Å². The first-order valence-corrected chi connectivity index (χ1v) is 5.00. The summed E-state index contributed by atoms with van der Waals surface area (Å²) >= 11 is 1.88. The van der Waals surface area contributed by atoms with Gasteiger partial charge in [-0.05, 0) is 26.1 Å². The molecule has 0 amide bonds. The zero-order chi connectivity index (χ0) is 7.82. The van der Waals surface area contributed by atoms with Crippen LogP contribution in [0, 0.1) is 0 Å². The SMILES string of the molecule is C=C(C)CCNCCSC. The lowest BCUT2D eigenvalue weighted by molar-refractivity contribution is 0.718. The molecule has 0 saturated carbocycles. The van der Waals surface area contributed by atoms with Gasteiger partial charge in [-0.1, -0.05) is 5.57 Å². The highest BCUT2D eigenvalue weighted by atomic mass is 32.2. The quantitative estimate of drug-likeness (QED) is 0.469. The van der Waals surface area contributed by atoms with Gasteiger partial charge in [0.1, 0.15) is 0 Å². The summed E-state index contributed by atoms with van der Waals surface area (Å²) in [4.78, 5) is 0. The lowest BCUT2D eigenvalue weighted by Gasteiger charge is -2.01. The van der Waals surface area contributed by atoms with Gasteiger partial charge in [-0.15, -0.1) is 6.58 Å². The largest absolute Gasteiger partial charge is 0.316 e. The molecule has 0 fully saturated rings. The molecule has 0 unspecified atom stereocenters. The number of nitrogens with one attached hydrogen (secondary N) is 1. The van der Waals surface area contributed by atoms with Crippen LogP contribution in [0.2, 0.25) is 0 Å². The fourth-order valence-corrected chi connectivity index (χ4v) is 0.949. The lowest BCUT2D eigenvalue weighted by Crippen LogP contribution is -2.18. The molecule has 60 valence electrons. The number of thioether (sulfide) groups is 1. The van der Waals surface area contributed by atoms with Gasteiger partial charge in [0, 0.05) is 12.3 Å². The van der Waals surface area contributed by atoms with E-state index in [9.17, 15) is 0 Å². The number of hydrogen-bond acceptors (Lipinski definition) is 2. The predicted molar refractivity (Wildman–Crippen MR) is 50.7 cm³/mol. The van der Waals surface area contributed by atoms with E-state index in [1.165, 1.54) is 11.3 Å². The Labute approximate surface area is 68.3 Å². The van der Waals surface area contributed by atoms with Crippen LogP contribution < -0.4 is 5.32 Å². The van der Waals surface area contributed by atoms with Crippen molar-refractivity contribution in [2.75, 3.05) is 25.1 Å². The maximum atomic E-state index is 3.83. The van der Waals surface area contributed by atoms with Crippen molar-refractivity contribution < 1.29 is 0 Å². The Hall–Kier alpha value is 0.0500. The Morgan fingerprint density at radius 3 is 2.70 bits per heavy atom. The van der Waals surface area contributed by atoms with E-state index in [2.05, 4.69) is 25.1 Å². The first-order chi connectivity index (χ1) is 4.77. The van der Waals surface area contributed by atoms with Crippen LogP contribution in [0.5, 0.6) is 0 Å². The van der Waals surface area contributed by atoms with E-state index in [4.69, 9.17) is 0 Å². The Bertz CT molecular complexity index is 91.3. The van der Waals surface area contributed by atoms with Crippen LogP contribution in [0.4, 0.5) is 0 Å². The molecule has 10 heavy (non-hydrogen) atoms. The van der Waals surface area contributed by atoms with Gasteiger partial charge in [-0.25, -0.2) is 0 Å². The Morgan fingerprint density at radius 2 is 2.20 bits per heavy atom. The summed E-state index contributed by atoms with van der Waals surface area (Å²) in [5, 5.41) is 3.34. The maximum Gasteiger partial charge on any atom is 0.00553 e. The van der Waals surface area contributed by atoms with E-state index >= 15 is 0 Å². The summed E-state index contributed by atoms with van der Waals surface area (Å²) in [6, 6.07) is 0. The van der Waals surface area contributed by atoms with Crippen LogP contribution in [-0.2, 0) is 0 Å². The van der Waals surface area contributed by atoms with Crippen molar-refractivity contribution >= 4 is 11.8 Å². The molecule has 0 aliphatic rings. The Balaban J connectivity index is 2.84. The average molecular weight is 159 g/mol. The van der Waals surface area contributed by atoms with Crippen LogP contribution in [0.3, 0.4) is 0 Å². The molecule has 0 aromatic heterocycles. The summed E-state index contributed by atoms with van der Waals surface area (Å²) in [5.41, 5.74) is 1.26. The Kier molecular flexibility index (Phi) is 7.20. The predicted octanol–water partition coefficient (Wildman–Crippen LogP) is 1.91. The van der Waals surface area contributed by atoms with Gasteiger partial charge < -0.3 is 5.32 Å². The third-order valence-corrected chi connectivity index (χ3v) is 1.82. The average Bonchev–Trinajstić information content (AvgIpc) is 1.87. The van der Waals surface area contributed by atoms with Crippen molar-refractivity contribution in [2.24, 2.45) is 0 Å². The van der Waals surface area contributed by atoms with Gasteiger partial charge in [-0.3, -0.25) is 0 Å². The zero-order valence-electron chi connectivity index (χ0n) is 6.94. The van der Waals surface area contributed by atoms with E-state index in [0.717, 1.165) is 19.5 Å². The lowest BCUT2D eigenvalue weighted by atomic mass is 10.2. The van der Waals surface area contributed by atoms with Crippen LogP contribution in [0.25, 0.3) is 0 Å². The van der Waals surface area contributed by atoms with Crippen LogP contribution in [-0.4, -0.2) is 25.1 Å². The Morgan fingerprint density at radius 1 is 1.50 bits per heavy atom. The fourth-order valence-electron chi connectivity index (χ4n) is 0.601. The number of rotatable bonds is 6. The molecule has 2 heteroatoms. The van der Waals surface area contributed by atoms with E-state index in [0.29, 0.717) is 0 Å². The smallest absolute Gasteiger partial charge is 0.00553 e. The minimum atomic E-state index is 1.08. The molecule has 0 heterocycles. The van der Waals surface area contributed by atoms with Gasteiger partial charge in [0.15, 0.2) is 0 Å². The molecule has 0 aliphatic carbocycles. The van der Waals surface area contributed by atoms with Gasteiger partial charge in [0.2, 0.25) is 0 Å². The van der Waals surface area contributed by atoms with E-state index in [-0.39, 0.29) is 0 Å². The third-order valence-electron chi connectivity index (χ3n) is 1.21. The standard InChI is InChI=1S/C8H17NS/c1-8(2)4-5-9-6-7-10-3/h9H,1,4-7H2,2-3H3. The summed E-state index contributed by atoms with van der Waals surface area (Å²) in [6.07, 6.45) is 3.23. The first-order valence-electron chi connectivity index (χ1n) is 3.61. The van der Waals surface area contributed by atoms with Gasteiger partial charge in [0.05, 0.1) is 0 Å². The maximum absolute atomic E-state index is 3.83. The van der Waals surface area contributed by atoms with E-state index < -0.39 is 0 Å². The number of hydrogen-bond donors (Lipinski definition) is 1. The highest BCUT2D eigenvalue weighted by Gasteiger charge is 1.86. The van der Waals surface area contributed by atoms with E-state index in [1.807, 2.05) is 11.8 Å². The molecular weight excluding hydrogens is 142 g/mol. The zero-order valence-corrected chi connectivity index (χ0v) is 7.76. The monoisotopic (exact) mass is 159 g/mol. The molecule has 0 bridgehead atoms. The first kappa shape index (κ1) is 10.0. The molecule has 0 saturated heterocycles. The molecule has 1 nitrogen and oxygen atoms in total. The molecule has 0 spiro atoms. The van der Waals surface area contributed by atoms with Crippen LogP contribution >= 0.6 is 11.8 Å². The highest BCUT2D eigenvalue weighted by molar-refractivity contribution is 7.98. The molecule has 0 radical (unpaired) electrons. The second-order valence-corrected chi connectivity index (χ2v) is 3.44. The highest BCUT2D eigenvalue weighted by Crippen LogP contribution is 1.92. The molecule has 1 N–H and O–H groups in total. The van der Waals surface area contributed by atoms with Crippen molar-refractivity contribution in [3.63, 3.8) is 0 Å². The normalized spacial score (nSPS) is 9.80. The fraction of sp³-hybridized carbons (Fsp3) is 0.750. The van der Waals surface area contributed by atoms with Crippen LogP contribution in [0.1, 0.15) is 13.3 Å². The second kappa shape index (κ2) is 7.16. The second-order valence-electron chi connectivity index (χ2n) is 2.45. The topological polar surface area (TPSA) is 12.0 Å². The molecule has 0 aliphatic heterocycles. The third kappa shape index (κ3) is 8.05. The molecular formula is C8H17NS. The minimum absolute atomic E-state index is 1.08. The minimum Gasteiger partial charge on any atom is -0.316 e. The molecule has 0 rings (SSSR count). The van der Waals surface area contributed by atoms with E-state index in [1.54, 1.807) is 0 Å². The van der Waals surface area contributed by atoms with Crippen molar-refractivity contribution in [1.29, 1.82) is 0 Å². The summed E-state index contributed by atoms with van der Waals surface area (Å²) in [6.45, 7) is 8.09. The van der Waals surface area contributed by atoms with Gasteiger partial charge in [-0.2, -0.15) is 11.8 Å². The van der Waals surface area contributed by atoms with Crippen molar-refractivity contribution in [3.8, 4) is 0 Å².